The zero-order valence-corrected chi connectivity index (χ0v) is 15.4. The van der Waals surface area contributed by atoms with E-state index in [1.165, 1.54) is 6.07 Å². The molecule has 1 aromatic rings. The molecule has 0 spiro atoms. The van der Waals surface area contributed by atoms with E-state index in [1.54, 1.807) is 17.5 Å². The lowest BCUT2D eigenvalue weighted by atomic mass is 10.1. The molecule has 1 aliphatic rings. The Balaban J connectivity index is 1.98. The summed E-state index contributed by atoms with van der Waals surface area (Å²) in [6.45, 7) is 4.57. The first kappa shape index (κ1) is 19.0. The van der Waals surface area contributed by atoms with E-state index in [2.05, 4.69) is 17.5 Å². The molecule has 0 aromatic heterocycles. The Labute approximate surface area is 145 Å². The summed E-state index contributed by atoms with van der Waals surface area (Å²) in [5.74, 6) is 4.24. The van der Waals surface area contributed by atoms with Crippen LogP contribution < -0.4 is 9.46 Å². The van der Waals surface area contributed by atoms with Crippen LogP contribution in [0.25, 0.3) is 0 Å². The quantitative estimate of drug-likeness (QED) is 0.493. The lowest BCUT2D eigenvalue weighted by molar-refractivity contribution is 0.285. The van der Waals surface area contributed by atoms with Crippen molar-refractivity contribution in [3.05, 3.63) is 41.1 Å². The number of allylic oxidation sites excluding steroid dienone is 1. The third-order valence-corrected chi connectivity index (χ3v) is 5.43. The van der Waals surface area contributed by atoms with E-state index in [0.29, 0.717) is 12.5 Å². The summed E-state index contributed by atoms with van der Waals surface area (Å²) in [5.41, 5.74) is 0.834. The van der Waals surface area contributed by atoms with Crippen LogP contribution in [0, 0.1) is 11.7 Å². The maximum absolute atomic E-state index is 13.9. The van der Waals surface area contributed by atoms with Crippen LogP contribution in [-0.4, -0.2) is 16.7 Å². The summed E-state index contributed by atoms with van der Waals surface area (Å²) in [6, 6.07) is 4.56. The van der Waals surface area contributed by atoms with E-state index in [9.17, 15) is 8.60 Å². The zero-order valence-electron chi connectivity index (χ0n) is 14.6. The van der Waals surface area contributed by atoms with Crippen LogP contribution in [-0.2, 0) is 9.71 Å². The van der Waals surface area contributed by atoms with Gasteiger partial charge in [0.15, 0.2) is 11.6 Å². The van der Waals surface area contributed by atoms with Crippen LogP contribution in [0.2, 0.25) is 0 Å². The van der Waals surface area contributed by atoms with Gasteiger partial charge < -0.3 is 4.74 Å². The van der Waals surface area contributed by atoms with Gasteiger partial charge >= 0.3 is 0 Å². The predicted molar refractivity (Wildman–Crippen MR) is 100 cm³/mol. The average molecular weight is 354 g/mol. The molecule has 1 fully saturated rings. The molecule has 24 heavy (non-hydrogen) atoms. The standard InChI is InChI=1S/C19H28FNO2S/c1-4-5-6-7-12-24(3,22)21-15(2)17-10-11-18(20)19(13-17)23-14-16-8-9-16/h7,10-13,15-16H,3-6,8-9,14H2,1-2H3,(H,21,22)/b12-7+/t15-,24?/m1/s1. The Morgan fingerprint density at radius 1 is 1.50 bits per heavy atom. The highest BCUT2D eigenvalue weighted by Crippen LogP contribution is 2.31. The van der Waals surface area contributed by atoms with E-state index in [1.807, 2.05) is 13.0 Å². The summed E-state index contributed by atoms with van der Waals surface area (Å²) in [7, 11) is -2.51. The number of hydrogen-bond acceptors (Lipinski definition) is 2. The van der Waals surface area contributed by atoms with Crippen molar-refractivity contribution < 1.29 is 13.3 Å². The minimum Gasteiger partial charge on any atom is -0.490 e. The van der Waals surface area contributed by atoms with Gasteiger partial charge in [-0.25, -0.2) is 13.3 Å². The molecule has 134 valence electrons. The number of benzene rings is 1. The van der Waals surface area contributed by atoms with Crippen molar-refractivity contribution in [3.8, 4) is 5.75 Å². The van der Waals surface area contributed by atoms with Crippen molar-refractivity contribution in [2.75, 3.05) is 6.61 Å². The summed E-state index contributed by atoms with van der Waals surface area (Å²) in [5, 5.41) is 1.65. The molecule has 1 saturated carbocycles. The number of ether oxygens (including phenoxy) is 1. The second-order valence-electron chi connectivity index (χ2n) is 6.52. The smallest absolute Gasteiger partial charge is 0.165 e. The number of rotatable bonds is 10. The van der Waals surface area contributed by atoms with Crippen LogP contribution in [0.15, 0.2) is 29.7 Å². The minimum atomic E-state index is -2.51. The molecule has 2 atom stereocenters. The summed E-state index contributed by atoms with van der Waals surface area (Å²) in [6.07, 6.45) is 7.30. The number of nitrogens with one attached hydrogen (secondary N) is 1. The molecular formula is C19H28FNO2S. The van der Waals surface area contributed by atoms with Gasteiger partial charge in [-0.2, -0.15) is 0 Å². The molecule has 0 bridgehead atoms. The van der Waals surface area contributed by atoms with E-state index in [-0.39, 0.29) is 17.6 Å². The highest BCUT2D eigenvalue weighted by Gasteiger charge is 2.22. The molecule has 3 nitrogen and oxygen atoms in total. The fourth-order valence-electron chi connectivity index (χ4n) is 2.34. The van der Waals surface area contributed by atoms with Gasteiger partial charge in [-0.15, -0.1) is 0 Å². The molecule has 0 aliphatic heterocycles. The monoisotopic (exact) mass is 353 g/mol. The number of unbranched alkanes of at least 4 members (excludes halogenated alkanes) is 2. The van der Waals surface area contributed by atoms with Crippen LogP contribution in [0.5, 0.6) is 5.75 Å². The third kappa shape index (κ3) is 6.29. The topological polar surface area (TPSA) is 38.3 Å². The fraction of sp³-hybridized carbons (Fsp3) is 0.526. The molecule has 5 heteroatoms. The van der Waals surface area contributed by atoms with Crippen LogP contribution in [0.1, 0.15) is 57.6 Å². The Morgan fingerprint density at radius 3 is 2.92 bits per heavy atom. The molecule has 1 unspecified atom stereocenters. The first-order chi connectivity index (χ1) is 11.4. The molecule has 1 N–H and O–H groups in total. The summed E-state index contributed by atoms with van der Waals surface area (Å²) in [4.78, 5) is 0. The zero-order chi connectivity index (χ0) is 17.6. The molecular weight excluding hydrogens is 325 g/mol. The Bertz CT molecular complexity index is 666. The maximum atomic E-state index is 13.9. The Hall–Kier alpha value is -1.33. The molecule has 1 aromatic carbocycles. The summed E-state index contributed by atoms with van der Waals surface area (Å²) < 4.78 is 34.9. The second kappa shape index (κ2) is 8.67. The second-order valence-corrected chi connectivity index (χ2v) is 8.48. The molecule has 0 saturated heterocycles. The van der Waals surface area contributed by atoms with Gasteiger partial charge in [-0.3, -0.25) is 0 Å². The Kier molecular flexibility index (Phi) is 6.87. The van der Waals surface area contributed by atoms with Gasteiger partial charge in [-0.1, -0.05) is 31.9 Å². The first-order valence-corrected chi connectivity index (χ1v) is 10.4. The number of halogens is 1. The molecule has 1 aliphatic carbocycles. The van der Waals surface area contributed by atoms with E-state index in [0.717, 1.165) is 37.7 Å². The van der Waals surface area contributed by atoms with Crippen LogP contribution >= 0.6 is 0 Å². The van der Waals surface area contributed by atoms with E-state index >= 15 is 0 Å². The molecule has 2 rings (SSSR count). The van der Waals surface area contributed by atoms with Gasteiger partial charge in [0.05, 0.1) is 6.61 Å². The van der Waals surface area contributed by atoms with E-state index < -0.39 is 9.71 Å². The van der Waals surface area contributed by atoms with Crippen molar-refractivity contribution in [1.82, 2.24) is 4.72 Å². The molecule has 0 radical (unpaired) electrons. The molecule has 0 amide bonds. The molecule has 0 heterocycles. The highest BCUT2D eigenvalue weighted by molar-refractivity contribution is 8.01. The van der Waals surface area contributed by atoms with Crippen LogP contribution in [0.3, 0.4) is 0 Å². The fourth-order valence-corrected chi connectivity index (χ4v) is 3.60. The third-order valence-electron chi connectivity index (χ3n) is 4.04. The first-order valence-electron chi connectivity index (χ1n) is 8.64. The normalized spacial score (nSPS) is 18.5. The van der Waals surface area contributed by atoms with Gasteiger partial charge in [-0.05, 0) is 55.7 Å². The van der Waals surface area contributed by atoms with Gasteiger partial charge in [0, 0.05) is 21.2 Å². The average Bonchev–Trinajstić information content (AvgIpc) is 3.34. The van der Waals surface area contributed by atoms with Gasteiger partial charge in [0.1, 0.15) is 0 Å². The van der Waals surface area contributed by atoms with Crippen molar-refractivity contribution >= 4 is 15.6 Å². The van der Waals surface area contributed by atoms with Gasteiger partial charge in [0.25, 0.3) is 0 Å². The van der Waals surface area contributed by atoms with E-state index in [4.69, 9.17) is 4.74 Å². The van der Waals surface area contributed by atoms with Gasteiger partial charge in [0.2, 0.25) is 0 Å². The minimum absolute atomic E-state index is 0.213. The predicted octanol–water partition coefficient (Wildman–Crippen LogP) is 4.60. The van der Waals surface area contributed by atoms with Crippen molar-refractivity contribution in [1.29, 1.82) is 0 Å². The van der Waals surface area contributed by atoms with Crippen molar-refractivity contribution in [2.24, 2.45) is 5.92 Å². The lowest BCUT2D eigenvalue weighted by Gasteiger charge is -2.17. The SMILES string of the molecule is C=S(=O)(/C=C/CCCC)N[C@H](C)c1ccc(F)c(OCC2CC2)c1. The van der Waals surface area contributed by atoms with Crippen LogP contribution in [0.4, 0.5) is 4.39 Å². The highest BCUT2D eigenvalue weighted by atomic mass is 32.2. The van der Waals surface area contributed by atoms with Crippen molar-refractivity contribution in [2.45, 2.75) is 52.0 Å². The van der Waals surface area contributed by atoms with Crippen molar-refractivity contribution in [3.63, 3.8) is 0 Å². The Morgan fingerprint density at radius 2 is 2.25 bits per heavy atom. The number of hydrogen-bond donors (Lipinski definition) is 1. The maximum Gasteiger partial charge on any atom is 0.165 e. The summed E-state index contributed by atoms with van der Waals surface area (Å²) >= 11 is 0. The largest absolute Gasteiger partial charge is 0.490 e. The lowest BCUT2D eigenvalue weighted by Crippen LogP contribution is -2.24.